The molecule has 0 saturated heterocycles. The summed E-state index contributed by atoms with van der Waals surface area (Å²) in [7, 11) is 1.65. The van der Waals surface area contributed by atoms with E-state index >= 15 is 0 Å². The molecule has 0 atom stereocenters. The first-order valence-corrected chi connectivity index (χ1v) is 5.62. The number of halogens is 1. The summed E-state index contributed by atoms with van der Waals surface area (Å²) >= 11 is 2.26. The Kier molecular flexibility index (Phi) is 3.06. The minimum absolute atomic E-state index is 0.492. The van der Waals surface area contributed by atoms with Gasteiger partial charge in [-0.15, -0.1) is 0 Å². The van der Waals surface area contributed by atoms with Crippen molar-refractivity contribution in [2.75, 3.05) is 12.8 Å². The van der Waals surface area contributed by atoms with Gasteiger partial charge in [-0.1, -0.05) is 0 Å². The number of fused-ring (bicyclic) bond motifs is 1. The van der Waals surface area contributed by atoms with Crippen molar-refractivity contribution < 1.29 is 4.74 Å². The van der Waals surface area contributed by atoms with E-state index in [1.807, 2.05) is 24.3 Å². The van der Waals surface area contributed by atoms with E-state index in [1.54, 1.807) is 7.11 Å². The molecule has 0 saturated carbocycles. The molecule has 0 radical (unpaired) electrons. The Morgan fingerprint density at radius 2 is 2.20 bits per heavy atom. The number of methoxy groups -OCH3 is 1. The number of nitrogens with two attached hydrogens (primary N) is 1. The molecule has 2 rings (SSSR count). The van der Waals surface area contributed by atoms with Gasteiger partial charge in [-0.3, -0.25) is 4.98 Å². The van der Waals surface area contributed by atoms with E-state index in [4.69, 9.17) is 10.5 Å². The number of anilines is 1. The van der Waals surface area contributed by atoms with Crippen molar-refractivity contribution in [3.05, 3.63) is 33.5 Å². The molecule has 15 heavy (non-hydrogen) atoms. The minimum atomic E-state index is 0.492. The summed E-state index contributed by atoms with van der Waals surface area (Å²) < 4.78 is 6.20. The average Bonchev–Trinajstić information content (AvgIpc) is 2.20. The predicted molar refractivity (Wildman–Crippen MR) is 69.6 cm³/mol. The van der Waals surface area contributed by atoms with Gasteiger partial charge in [0.25, 0.3) is 0 Å². The van der Waals surface area contributed by atoms with E-state index in [0.29, 0.717) is 6.61 Å². The smallest absolute Gasteiger partial charge is 0.0885 e. The molecule has 0 unspecified atom stereocenters. The second-order valence-corrected chi connectivity index (χ2v) is 4.54. The van der Waals surface area contributed by atoms with Crippen LogP contribution in [0.3, 0.4) is 0 Å². The Hall–Kier alpha value is -0.880. The number of aromatic nitrogens is 1. The summed E-state index contributed by atoms with van der Waals surface area (Å²) in [4.78, 5) is 4.46. The zero-order valence-corrected chi connectivity index (χ0v) is 10.5. The highest BCUT2D eigenvalue weighted by Crippen LogP contribution is 2.22. The lowest BCUT2D eigenvalue weighted by molar-refractivity contribution is 0.182. The number of nitrogen functional groups attached to an aromatic ring is 1. The fraction of sp³-hybridized carbons (Fsp3) is 0.182. The largest absolute Gasteiger partial charge is 0.398 e. The van der Waals surface area contributed by atoms with Crippen molar-refractivity contribution in [1.29, 1.82) is 0 Å². The first-order chi connectivity index (χ1) is 7.20. The molecule has 0 amide bonds. The highest BCUT2D eigenvalue weighted by Gasteiger charge is 2.03. The molecule has 1 aromatic carbocycles. The summed E-state index contributed by atoms with van der Waals surface area (Å²) in [6, 6.07) is 7.90. The topological polar surface area (TPSA) is 48.1 Å². The highest BCUT2D eigenvalue weighted by atomic mass is 127. The Bertz CT molecular complexity index is 499. The van der Waals surface area contributed by atoms with Crippen LogP contribution in [-0.4, -0.2) is 12.1 Å². The van der Waals surface area contributed by atoms with Crippen molar-refractivity contribution in [2.24, 2.45) is 0 Å². The van der Waals surface area contributed by atoms with E-state index < -0.39 is 0 Å². The van der Waals surface area contributed by atoms with Crippen molar-refractivity contribution in [1.82, 2.24) is 4.98 Å². The Balaban J connectivity index is 2.62. The maximum absolute atomic E-state index is 5.96. The second kappa shape index (κ2) is 4.32. The fourth-order valence-electron chi connectivity index (χ4n) is 1.50. The van der Waals surface area contributed by atoms with Gasteiger partial charge in [0.2, 0.25) is 0 Å². The minimum Gasteiger partial charge on any atom is -0.398 e. The van der Waals surface area contributed by atoms with Crippen LogP contribution in [0.2, 0.25) is 0 Å². The molecule has 0 bridgehead atoms. The normalized spacial score (nSPS) is 10.8. The number of benzene rings is 1. The SMILES string of the molecule is COCc1cc(N)c2cc(I)ccc2n1. The van der Waals surface area contributed by atoms with Crippen LogP contribution in [-0.2, 0) is 11.3 Å². The third-order valence-electron chi connectivity index (χ3n) is 2.15. The molecule has 0 aliphatic heterocycles. The quantitative estimate of drug-likeness (QED) is 0.867. The molecule has 78 valence electrons. The van der Waals surface area contributed by atoms with Crippen LogP contribution in [0.4, 0.5) is 5.69 Å². The van der Waals surface area contributed by atoms with Gasteiger partial charge in [-0.25, -0.2) is 0 Å². The van der Waals surface area contributed by atoms with Crippen LogP contribution >= 0.6 is 22.6 Å². The molecule has 2 N–H and O–H groups in total. The number of hydrogen-bond acceptors (Lipinski definition) is 3. The molecule has 3 nitrogen and oxygen atoms in total. The Morgan fingerprint density at radius 1 is 1.40 bits per heavy atom. The summed E-state index contributed by atoms with van der Waals surface area (Å²) in [5, 5.41) is 1.00. The van der Waals surface area contributed by atoms with Crippen molar-refractivity contribution in [2.45, 2.75) is 6.61 Å². The molecule has 0 aliphatic carbocycles. The summed E-state index contributed by atoms with van der Waals surface area (Å²) in [5.74, 6) is 0. The van der Waals surface area contributed by atoms with Crippen LogP contribution in [0, 0.1) is 3.57 Å². The average molecular weight is 314 g/mol. The molecule has 0 aliphatic rings. The molecule has 4 heteroatoms. The van der Waals surface area contributed by atoms with E-state index in [-0.39, 0.29) is 0 Å². The molecule has 0 fully saturated rings. The van der Waals surface area contributed by atoms with Crippen LogP contribution in [0.25, 0.3) is 10.9 Å². The number of rotatable bonds is 2. The molecular weight excluding hydrogens is 303 g/mol. The molecular formula is C11H11IN2O. The highest BCUT2D eigenvalue weighted by molar-refractivity contribution is 14.1. The molecule has 0 spiro atoms. The van der Waals surface area contributed by atoms with Gasteiger partial charge in [0, 0.05) is 21.8 Å². The lowest BCUT2D eigenvalue weighted by atomic mass is 10.1. The fourth-order valence-corrected chi connectivity index (χ4v) is 1.99. The third kappa shape index (κ3) is 2.21. The van der Waals surface area contributed by atoms with E-state index in [2.05, 4.69) is 27.6 Å². The lowest BCUT2D eigenvalue weighted by Crippen LogP contribution is -1.97. The molecule has 1 aromatic heterocycles. The van der Waals surface area contributed by atoms with Crippen molar-refractivity contribution >= 4 is 39.2 Å². The maximum atomic E-state index is 5.96. The van der Waals surface area contributed by atoms with Gasteiger partial charge in [0.15, 0.2) is 0 Å². The van der Waals surface area contributed by atoms with Crippen LogP contribution in [0.5, 0.6) is 0 Å². The number of ether oxygens (including phenoxy) is 1. The molecule has 1 heterocycles. The first-order valence-electron chi connectivity index (χ1n) is 4.54. The van der Waals surface area contributed by atoms with Gasteiger partial charge >= 0.3 is 0 Å². The van der Waals surface area contributed by atoms with Crippen molar-refractivity contribution in [3.8, 4) is 0 Å². The van der Waals surface area contributed by atoms with Gasteiger partial charge < -0.3 is 10.5 Å². The second-order valence-electron chi connectivity index (χ2n) is 3.30. The number of nitrogens with zero attached hydrogens (tertiary/aromatic N) is 1. The van der Waals surface area contributed by atoms with Gasteiger partial charge in [-0.05, 0) is 46.9 Å². The first kappa shape index (κ1) is 10.6. The van der Waals surface area contributed by atoms with Gasteiger partial charge in [0.1, 0.15) is 0 Å². The number of pyridine rings is 1. The van der Waals surface area contributed by atoms with Gasteiger partial charge in [0.05, 0.1) is 17.8 Å². The van der Waals surface area contributed by atoms with E-state index in [0.717, 1.165) is 25.9 Å². The van der Waals surface area contributed by atoms with Crippen LogP contribution < -0.4 is 5.73 Å². The van der Waals surface area contributed by atoms with Crippen LogP contribution in [0.1, 0.15) is 5.69 Å². The standard InChI is InChI=1S/C11H11IN2O/c1-15-6-8-5-10(13)9-4-7(12)2-3-11(9)14-8/h2-5H,6H2,1H3,(H2,13,14). The van der Waals surface area contributed by atoms with E-state index in [1.165, 1.54) is 0 Å². The lowest BCUT2D eigenvalue weighted by Gasteiger charge is -2.05. The van der Waals surface area contributed by atoms with Crippen LogP contribution in [0.15, 0.2) is 24.3 Å². The summed E-state index contributed by atoms with van der Waals surface area (Å²) in [6.45, 7) is 0.492. The summed E-state index contributed by atoms with van der Waals surface area (Å²) in [6.07, 6.45) is 0. The Morgan fingerprint density at radius 3 is 2.93 bits per heavy atom. The predicted octanol–water partition coefficient (Wildman–Crippen LogP) is 2.57. The number of hydrogen-bond donors (Lipinski definition) is 1. The molecule has 2 aromatic rings. The maximum Gasteiger partial charge on any atom is 0.0885 e. The Labute approximate surface area is 102 Å². The monoisotopic (exact) mass is 314 g/mol. The van der Waals surface area contributed by atoms with Crippen molar-refractivity contribution in [3.63, 3.8) is 0 Å². The summed E-state index contributed by atoms with van der Waals surface area (Å²) in [5.41, 5.74) is 8.50. The zero-order valence-electron chi connectivity index (χ0n) is 8.33. The van der Waals surface area contributed by atoms with E-state index in [9.17, 15) is 0 Å². The zero-order chi connectivity index (χ0) is 10.8. The third-order valence-corrected chi connectivity index (χ3v) is 2.82. The van der Waals surface area contributed by atoms with Gasteiger partial charge in [-0.2, -0.15) is 0 Å².